The highest BCUT2D eigenvalue weighted by Gasteiger charge is 2.15. The van der Waals surface area contributed by atoms with Crippen molar-refractivity contribution in [3.63, 3.8) is 0 Å². The molecule has 0 aliphatic carbocycles. The summed E-state index contributed by atoms with van der Waals surface area (Å²) in [6.45, 7) is 8.16. The van der Waals surface area contributed by atoms with Crippen molar-refractivity contribution in [1.82, 2.24) is 9.80 Å². The van der Waals surface area contributed by atoms with Crippen LogP contribution in [0.15, 0.2) is 24.3 Å². The summed E-state index contributed by atoms with van der Waals surface area (Å²) < 4.78 is 0. The Bertz CT molecular complexity index is 464. The molecule has 116 valence electrons. The molecule has 0 aliphatic rings. The van der Waals surface area contributed by atoms with Gasteiger partial charge in [0.25, 0.3) is 11.8 Å². The van der Waals surface area contributed by atoms with Crippen molar-refractivity contribution in [2.75, 3.05) is 26.7 Å². The molecule has 0 heterocycles. The first-order chi connectivity index (χ1) is 10.0. The molecule has 21 heavy (non-hydrogen) atoms. The standard InChI is InChI=1S/C17H26N2O2/c1-5-8-13-18(4)16(20)14-9-11-15(12-10-14)17(21)19(6-2)7-3/h9-12H,5-8,13H2,1-4H3. The van der Waals surface area contributed by atoms with Crippen LogP contribution in [0, 0.1) is 0 Å². The molecule has 0 fully saturated rings. The minimum absolute atomic E-state index is 0.00490. The van der Waals surface area contributed by atoms with Crippen LogP contribution >= 0.6 is 0 Å². The molecule has 0 aromatic heterocycles. The Morgan fingerprint density at radius 3 is 1.81 bits per heavy atom. The van der Waals surface area contributed by atoms with E-state index in [0.717, 1.165) is 19.4 Å². The summed E-state index contributed by atoms with van der Waals surface area (Å²) >= 11 is 0. The van der Waals surface area contributed by atoms with E-state index in [9.17, 15) is 9.59 Å². The van der Waals surface area contributed by atoms with Crippen LogP contribution in [-0.4, -0.2) is 48.3 Å². The fourth-order valence-corrected chi connectivity index (χ4v) is 2.17. The monoisotopic (exact) mass is 290 g/mol. The van der Waals surface area contributed by atoms with Crippen LogP contribution in [0.4, 0.5) is 0 Å². The number of hydrogen-bond acceptors (Lipinski definition) is 2. The van der Waals surface area contributed by atoms with E-state index >= 15 is 0 Å². The fourth-order valence-electron chi connectivity index (χ4n) is 2.17. The van der Waals surface area contributed by atoms with Gasteiger partial charge in [-0.25, -0.2) is 0 Å². The lowest BCUT2D eigenvalue weighted by atomic mass is 10.1. The number of rotatable bonds is 7. The molecular weight excluding hydrogens is 264 g/mol. The van der Waals surface area contributed by atoms with Crippen molar-refractivity contribution in [3.05, 3.63) is 35.4 Å². The Kier molecular flexibility index (Phi) is 6.92. The highest BCUT2D eigenvalue weighted by Crippen LogP contribution is 2.10. The SMILES string of the molecule is CCCCN(C)C(=O)c1ccc(C(=O)N(CC)CC)cc1. The molecule has 4 heteroatoms. The molecule has 1 aromatic rings. The van der Waals surface area contributed by atoms with Gasteiger partial charge in [0, 0.05) is 37.8 Å². The summed E-state index contributed by atoms with van der Waals surface area (Å²) in [7, 11) is 1.81. The third-order valence-corrected chi connectivity index (χ3v) is 3.62. The lowest BCUT2D eigenvalue weighted by molar-refractivity contribution is 0.0767. The molecule has 0 unspecified atom stereocenters. The lowest BCUT2D eigenvalue weighted by Crippen LogP contribution is -2.30. The maximum absolute atomic E-state index is 12.2. The minimum Gasteiger partial charge on any atom is -0.342 e. The van der Waals surface area contributed by atoms with Crippen molar-refractivity contribution in [1.29, 1.82) is 0 Å². The molecular formula is C17H26N2O2. The van der Waals surface area contributed by atoms with Crippen LogP contribution < -0.4 is 0 Å². The van der Waals surface area contributed by atoms with E-state index in [1.165, 1.54) is 0 Å². The van der Waals surface area contributed by atoms with E-state index in [0.29, 0.717) is 24.2 Å². The van der Waals surface area contributed by atoms with Crippen LogP contribution in [0.25, 0.3) is 0 Å². The number of carbonyl (C=O) groups excluding carboxylic acids is 2. The van der Waals surface area contributed by atoms with Crippen LogP contribution in [0.1, 0.15) is 54.3 Å². The number of nitrogens with zero attached hydrogens (tertiary/aromatic N) is 2. The molecule has 0 aliphatic heterocycles. The van der Waals surface area contributed by atoms with Crippen molar-refractivity contribution in [2.45, 2.75) is 33.6 Å². The van der Waals surface area contributed by atoms with Gasteiger partial charge in [-0.2, -0.15) is 0 Å². The number of amides is 2. The first kappa shape index (κ1) is 17.2. The van der Waals surface area contributed by atoms with E-state index in [1.807, 2.05) is 20.9 Å². The van der Waals surface area contributed by atoms with Gasteiger partial charge in [-0.15, -0.1) is 0 Å². The number of hydrogen-bond donors (Lipinski definition) is 0. The maximum atomic E-state index is 12.2. The van der Waals surface area contributed by atoms with Gasteiger partial charge in [0.05, 0.1) is 0 Å². The predicted octanol–water partition coefficient (Wildman–Crippen LogP) is 3.04. The summed E-state index contributed by atoms with van der Waals surface area (Å²) in [6.07, 6.45) is 2.07. The molecule has 2 amide bonds. The summed E-state index contributed by atoms with van der Waals surface area (Å²) in [5, 5.41) is 0. The fraction of sp³-hybridized carbons (Fsp3) is 0.529. The highest BCUT2D eigenvalue weighted by atomic mass is 16.2. The predicted molar refractivity (Wildman–Crippen MR) is 85.6 cm³/mol. The summed E-state index contributed by atoms with van der Waals surface area (Å²) in [5.74, 6) is 0.0172. The first-order valence-electron chi connectivity index (χ1n) is 7.69. The van der Waals surface area contributed by atoms with Crippen LogP contribution in [0.3, 0.4) is 0 Å². The summed E-state index contributed by atoms with van der Waals surface area (Å²) in [6, 6.07) is 6.95. The molecule has 0 atom stereocenters. The molecule has 0 radical (unpaired) electrons. The zero-order valence-electron chi connectivity index (χ0n) is 13.6. The smallest absolute Gasteiger partial charge is 0.253 e. The second kappa shape index (κ2) is 8.45. The van der Waals surface area contributed by atoms with Gasteiger partial charge >= 0.3 is 0 Å². The van der Waals surface area contributed by atoms with Gasteiger partial charge in [0.2, 0.25) is 0 Å². The van der Waals surface area contributed by atoms with E-state index in [4.69, 9.17) is 0 Å². The second-order valence-corrected chi connectivity index (χ2v) is 5.14. The summed E-state index contributed by atoms with van der Waals surface area (Å²) in [5.41, 5.74) is 1.26. The topological polar surface area (TPSA) is 40.6 Å². The molecule has 0 saturated heterocycles. The first-order valence-corrected chi connectivity index (χ1v) is 7.69. The van der Waals surface area contributed by atoms with Gasteiger partial charge in [-0.1, -0.05) is 13.3 Å². The second-order valence-electron chi connectivity index (χ2n) is 5.14. The molecule has 0 bridgehead atoms. The average molecular weight is 290 g/mol. The van der Waals surface area contributed by atoms with Gasteiger partial charge in [0.15, 0.2) is 0 Å². The van der Waals surface area contributed by atoms with E-state index in [-0.39, 0.29) is 11.8 Å². The van der Waals surface area contributed by atoms with Gasteiger partial charge in [-0.05, 0) is 44.5 Å². The van der Waals surface area contributed by atoms with Crippen molar-refractivity contribution < 1.29 is 9.59 Å². The zero-order valence-corrected chi connectivity index (χ0v) is 13.6. The Hall–Kier alpha value is -1.84. The van der Waals surface area contributed by atoms with Gasteiger partial charge < -0.3 is 9.80 Å². The lowest BCUT2D eigenvalue weighted by Gasteiger charge is -2.19. The van der Waals surface area contributed by atoms with Crippen molar-refractivity contribution >= 4 is 11.8 Å². The van der Waals surface area contributed by atoms with Crippen molar-refractivity contribution in [3.8, 4) is 0 Å². The average Bonchev–Trinajstić information content (AvgIpc) is 2.53. The van der Waals surface area contributed by atoms with Gasteiger partial charge in [0.1, 0.15) is 0 Å². The molecule has 1 rings (SSSR count). The Balaban J connectivity index is 2.78. The molecule has 0 spiro atoms. The largest absolute Gasteiger partial charge is 0.342 e. The Labute approximate surface area is 127 Å². The van der Waals surface area contributed by atoms with Crippen molar-refractivity contribution in [2.24, 2.45) is 0 Å². The molecule has 0 saturated carbocycles. The third-order valence-electron chi connectivity index (χ3n) is 3.62. The van der Waals surface area contributed by atoms with Crippen LogP contribution in [-0.2, 0) is 0 Å². The minimum atomic E-state index is 0.00490. The van der Waals surface area contributed by atoms with Gasteiger partial charge in [-0.3, -0.25) is 9.59 Å². The number of carbonyl (C=O) groups is 2. The Morgan fingerprint density at radius 1 is 0.905 bits per heavy atom. The molecule has 4 nitrogen and oxygen atoms in total. The van der Waals surface area contributed by atoms with Crippen LogP contribution in [0.5, 0.6) is 0 Å². The zero-order chi connectivity index (χ0) is 15.8. The van der Waals surface area contributed by atoms with E-state index in [1.54, 1.807) is 34.1 Å². The normalized spacial score (nSPS) is 10.3. The highest BCUT2D eigenvalue weighted by molar-refractivity contribution is 5.97. The number of unbranched alkanes of at least 4 members (excludes halogenated alkanes) is 1. The van der Waals surface area contributed by atoms with E-state index in [2.05, 4.69) is 6.92 Å². The molecule has 0 N–H and O–H groups in total. The number of benzene rings is 1. The third kappa shape index (κ3) is 4.59. The van der Waals surface area contributed by atoms with Crippen LogP contribution in [0.2, 0.25) is 0 Å². The summed E-state index contributed by atoms with van der Waals surface area (Å²) in [4.78, 5) is 27.9. The Morgan fingerprint density at radius 2 is 1.38 bits per heavy atom. The quantitative estimate of drug-likeness (QED) is 0.774. The van der Waals surface area contributed by atoms with E-state index < -0.39 is 0 Å². The maximum Gasteiger partial charge on any atom is 0.253 e. The molecule has 1 aromatic carbocycles.